The molecule has 0 fully saturated rings. The summed E-state index contributed by atoms with van der Waals surface area (Å²) in [6.07, 6.45) is 2.28. The van der Waals surface area contributed by atoms with E-state index in [4.69, 9.17) is 11.0 Å². The molecule has 0 aliphatic carbocycles. The Kier molecular flexibility index (Phi) is 2.97. The number of carbonyl (C=O) groups is 1. The van der Waals surface area contributed by atoms with Crippen LogP contribution in [0, 0.1) is 17.1 Å². The molecule has 1 rings (SSSR count). The van der Waals surface area contributed by atoms with Crippen molar-refractivity contribution in [2.24, 2.45) is 5.73 Å². The van der Waals surface area contributed by atoms with Crippen molar-refractivity contribution in [3.63, 3.8) is 0 Å². The molecular formula is C10H7FN2O. The standard InChI is InChI=1S/C10H7FN2O/c11-10-7(4-5-9(13)14)2-1-3-8(10)6-12/h1-5H,(H2,13,14). The van der Waals surface area contributed by atoms with Crippen LogP contribution >= 0.6 is 0 Å². The van der Waals surface area contributed by atoms with Gasteiger partial charge in [-0.3, -0.25) is 4.79 Å². The highest BCUT2D eigenvalue weighted by molar-refractivity contribution is 5.90. The molecule has 0 saturated carbocycles. The Morgan fingerprint density at radius 3 is 2.86 bits per heavy atom. The van der Waals surface area contributed by atoms with Crippen LogP contribution in [0.5, 0.6) is 0 Å². The van der Waals surface area contributed by atoms with Crippen molar-refractivity contribution in [1.29, 1.82) is 5.26 Å². The van der Waals surface area contributed by atoms with Crippen molar-refractivity contribution in [2.45, 2.75) is 0 Å². The number of hydrogen-bond donors (Lipinski definition) is 1. The summed E-state index contributed by atoms with van der Waals surface area (Å²) in [6, 6.07) is 6.04. The minimum Gasteiger partial charge on any atom is -0.366 e. The zero-order valence-corrected chi connectivity index (χ0v) is 7.20. The number of nitrogens with zero attached hydrogens (tertiary/aromatic N) is 1. The van der Waals surface area contributed by atoms with Crippen LogP contribution in [0.3, 0.4) is 0 Å². The predicted octanol–water partition coefficient (Wildman–Crippen LogP) is 1.20. The number of nitriles is 1. The highest BCUT2D eigenvalue weighted by Crippen LogP contribution is 2.13. The Labute approximate surface area is 80.3 Å². The molecule has 0 saturated heterocycles. The van der Waals surface area contributed by atoms with E-state index in [-0.39, 0.29) is 11.1 Å². The van der Waals surface area contributed by atoms with Crippen molar-refractivity contribution in [1.82, 2.24) is 0 Å². The first-order valence-corrected chi connectivity index (χ1v) is 3.81. The molecule has 0 spiro atoms. The highest BCUT2D eigenvalue weighted by Gasteiger charge is 2.04. The first kappa shape index (κ1) is 9.93. The van der Waals surface area contributed by atoms with Crippen LogP contribution < -0.4 is 5.73 Å². The van der Waals surface area contributed by atoms with Gasteiger partial charge in [-0.15, -0.1) is 0 Å². The number of nitrogens with two attached hydrogens (primary N) is 1. The van der Waals surface area contributed by atoms with Gasteiger partial charge in [0.2, 0.25) is 5.91 Å². The fourth-order valence-electron chi connectivity index (χ4n) is 0.937. The molecule has 0 atom stereocenters. The summed E-state index contributed by atoms with van der Waals surface area (Å²) >= 11 is 0. The van der Waals surface area contributed by atoms with E-state index in [2.05, 4.69) is 0 Å². The Morgan fingerprint density at radius 1 is 1.57 bits per heavy atom. The average Bonchev–Trinajstić information content (AvgIpc) is 2.16. The van der Waals surface area contributed by atoms with Gasteiger partial charge in [-0.2, -0.15) is 5.26 Å². The molecule has 0 aliphatic heterocycles. The van der Waals surface area contributed by atoms with Crippen LogP contribution in [0.15, 0.2) is 24.3 Å². The van der Waals surface area contributed by atoms with Crippen molar-refractivity contribution >= 4 is 12.0 Å². The molecule has 2 N–H and O–H groups in total. The van der Waals surface area contributed by atoms with E-state index in [1.807, 2.05) is 0 Å². The molecule has 0 bridgehead atoms. The lowest BCUT2D eigenvalue weighted by molar-refractivity contribution is -0.113. The molecule has 0 aromatic heterocycles. The van der Waals surface area contributed by atoms with Crippen molar-refractivity contribution in [3.8, 4) is 6.07 Å². The zero-order valence-electron chi connectivity index (χ0n) is 7.20. The Morgan fingerprint density at radius 2 is 2.29 bits per heavy atom. The quantitative estimate of drug-likeness (QED) is 0.712. The van der Waals surface area contributed by atoms with E-state index >= 15 is 0 Å². The molecule has 4 heteroatoms. The van der Waals surface area contributed by atoms with Crippen LogP contribution in [-0.2, 0) is 4.79 Å². The molecule has 1 amide bonds. The zero-order chi connectivity index (χ0) is 10.6. The normalized spacial score (nSPS) is 10.0. The molecule has 0 unspecified atom stereocenters. The highest BCUT2D eigenvalue weighted by atomic mass is 19.1. The van der Waals surface area contributed by atoms with Gasteiger partial charge < -0.3 is 5.73 Å². The van der Waals surface area contributed by atoms with Gasteiger partial charge >= 0.3 is 0 Å². The number of rotatable bonds is 2. The number of benzene rings is 1. The number of carbonyl (C=O) groups excluding carboxylic acids is 1. The number of hydrogen-bond acceptors (Lipinski definition) is 2. The van der Waals surface area contributed by atoms with E-state index in [0.29, 0.717) is 0 Å². The lowest BCUT2D eigenvalue weighted by Gasteiger charge is -1.97. The minimum atomic E-state index is -0.660. The summed E-state index contributed by atoms with van der Waals surface area (Å²) in [5.41, 5.74) is 4.96. The third kappa shape index (κ3) is 2.17. The first-order chi connectivity index (χ1) is 6.65. The average molecular weight is 190 g/mol. The van der Waals surface area contributed by atoms with Gasteiger partial charge in [0.15, 0.2) is 0 Å². The van der Waals surface area contributed by atoms with Crippen molar-refractivity contribution < 1.29 is 9.18 Å². The first-order valence-electron chi connectivity index (χ1n) is 3.81. The molecule has 3 nitrogen and oxygen atoms in total. The molecule has 1 aromatic carbocycles. The van der Waals surface area contributed by atoms with E-state index in [1.54, 1.807) is 6.07 Å². The monoisotopic (exact) mass is 190 g/mol. The van der Waals surface area contributed by atoms with Crippen LogP contribution in [0.25, 0.3) is 6.08 Å². The van der Waals surface area contributed by atoms with Crippen LogP contribution in [0.4, 0.5) is 4.39 Å². The Balaban J connectivity index is 3.12. The summed E-state index contributed by atoms with van der Waals surface area (Å²) in [4.78, 5) is 10.4. The van der Waals surface area contributed by atoms with Gasteiger partial charge in [0.1, 0.15) is 11.9 Å². The number of halogens is 1. The fourth-order valence-corrected chi connectivity index (χ4v) is 0.937. The summed E-state index contributed by atoms with van der Waals surface area (Å²) in [7, 11) is 0. The van der Waals surface area contributed by atoms with Crippen molar-refractivity contribution in [3.05, 3.63) is 41.2 Å². The maximum atomic E-state index is 13.3. The number of amides is 1. The largest absolute Gasteiger partial charge is 0.366 e. The molecule has 70 valence electrons. The van der Waals surface area contributed by atoms with Crippen LogP contribution in [-0.4, -0.2) is 5.91 Å². The van der Waals surface area contributed by atoms with Crippen LogP contribution in [0.1, 0.15) is 11.1 Å². The topological polar surface area (TPSA) is 66.9 Å². The van der Waals surface area contributed by atoms with Gasteiger partial charge in [-0.25, -0.2) is 4.39 Å². The summed E-state index contributed by atoms with van der Waals surface area (Å²) in [5.74, 6) is -1.31. The summed E-state index contributed by atoms with van der Waals surface area (Å²) in [6.45, 7) is 0. The summed E-state index contributed by atoms with van der Waals surface area (Å²) in [5, 5.41) is 8.51. The molecular weight excluding hydrogens is 183 g/mol. The second kappa shape index (κ2) is 4.19. The van der Waals surface area contributed by atoms with E-state index < -0.39 is 11.7 Å². The Bertz CT molecular complexity index is 432. The molecule has 0 heterocycles. The minimum absolute atomic E-state index is 0.0587. The molecule has 1 aromatic rings. The SMILES string of the molecule is N#Cc1cccc(C=CC(N)=O)c1F. The van der Waals surface area contributed by atoms with Gasteiger partial charge in [0.25, 0.3) is 0 Å². The maximum absolute atomic E-state index is 13.3. The molecule has 14 heavy (non-hydrogen) atoms. The molecule has 0 aliphatic rings. The number of primary amides is 1. The van der Waals surface area contributed by atoms with Gasteiger partial charge in [0, 0.05) is 11.6 Å². The van der Waals surface area contributed by atoms with Crippen LogP contribution in [0.2, 0.25) is 0 Å². The molecule has 0 radical (unpaired) electrons. The second-order valence-electron chi connectivity index (χ2n) is 2.56. The Hall–Kier alpha value is -2.15. The van der Waals surface area contributed by atoms with Gasteiger partial charge in [-0.1, -0.05) is 12.1 Å². The lowest BCUT2D eigenvalue weighted by atomic mass is 10.1. The van der Waals surface area contributed by atoms with Gasteiger partial charge in [0.05, 0.1) is 5.56 Å². The predicted molar refractivity (Wildman–Crippen MR) is 49.3 cm³/mol. The van der Waals surface area contributed by atoms with E-state index in [9.17, 15) is 9.18 Å². The van der Waals surface area contributed by atoms with Crippen molar-refractivity contribution in [2.75, 3.05) is 0 Å². The lowest BCUT2D eigenvalue weighted by Crippen LogP contribution is -2.05. The van der Waals surface area contributed by atoms with Gasteiger partial charge in [-0.05, 0) is 12.1 Å². The van der Waals surface area contributed by atoms with E-state index in [1.165, 1.54) is 24.3 Å². The fraction of sp³-hybridized carbons (Fsp3) is 0. The third-order valence-corrected chi connectivity index (χ3v) is 1.58. The maximum Gasteiger partial charge on any atom is 0.241 e. The third-order valence-electron chi connectivity index (χ3n) is 1.58. The smallest absolute Gasteiger partial charge is 0.241 e. The summed E-state index contributed by atoms with van der Waals surface area (Å²) < 4.78 is 13.3. The second-order valence-corrected chi connectivity index (χ2v) is 2.56. The van der Waals surface area contributed by atoms with E-state index in [0.717, 1.165) is 6.08 Å².